The van der Waals surface area contributed by atoms with Gasteiger partial charge >= 0.3 is 0 Å². The first-order valence-electron chi connectivity index (χ1n) is 5.43. The van der Waals surface area contributed by atoms with Gasteiger partial charge in [-0.05, 0) is 41.3 Å². The summed E-state index contributed by atoms with van der Waals surface area (Å²) in [7, 11) is 4.07. The van der Waals surface area contributed by atoms with Crippen molar-refractivity contribution < 1.29 is 14.6 Å². The van der Waals surface area contributed by atoms with Crippen LogP contribution in [0.1, 0.15) is 27.2 Å². The van der Waals surface area contributed by atoms with Gasteiger partial charge in [-0.15, -0.1) is 0 Å². The van der Waals surface area contributed by atoms with Crippen LogP contribution in [0, 0.1) is 0 Å². The van der Waals surface area contributed by atoms with Crippen LogP contribution in [0.5, 0.6) is 0 Å². The van der Waals surface area contributed by atoms with Gasteiger partial charge < -0.3 is 19.5 Å². The van der Waals surface area contributed by atoms with E-state index >= 15 is 0 Å². The Bertz CT molecular complexity index is 212. The van der Waals surface area contributed by atoms with Crippen molar-refractivity contribution >= 4 is 0 Å². The third kappa shape index (κ3) is 3.14. The normalized spacial score (nSPS) is 32.6. The van der Waals surface area contributed by atoms with Crippen molar-refractivity contribution in [3.8, 4) is 0 Å². The molecule has 1 saturated heterocycles. The second-order valence-corrected chi connectivity index (χ2v) is 5.15. The molecule has 90 valence electrons. The molecule has 0 saturated carbocycles. The molecule has 0 aromatic heterocycles. The number of hydrogen-bond acceptors (Lipinski definition) is 4. The first kappa shape index (κ1) is 12.9. The van der Waals surface area contributed by atoms with Gasteiger partial charge in [0.15, 0.2) is 5.79 Å². The minimum atomic E-state index is -0.972. The highest BCUT2D eigenvalue weighted by Crippen LogP contribution is 2.34. The van der Waals surface area contributed by atoms with Gasteiger partial charge in [-0.1, -0.05) is 0 Å². The predicted molar refractivity (Wildman–Crippen MR) is 58.7 cm³/mol. The zero-order valence-electron chi connectivity index (χ0n) is 10.4. The van der Waals surface area contributed by atoms with Crippen LogP contribution in [-0.4, -0.2) is 54.7 Å². The third-order valence-electron chi connectivity index (χ3n) is 2.95. The van der Waals surface area contributed by atoms with E-state index in [1.165, 1.54) is 0 Å². The summed E-state index contributed by atoms with van der Waals surface area (Å²) >= 11 is 0. The lowest BCUT2D eigenvalue weighted by atomic mass is 9.99. The SMILES string of the molecule is CN(C)CCC1COC(C)(C(C)(C)O)O1. The standard InChI is InChI=1S/C11H23NO3/c1-10(2,13)11(3)14-8-9(15-11)6-7-12(4)5/h9,13H,6-8H2,1-5H3. The van der Waals surface area contributed by atoms with Gasteiger partial charge in [-0.25, -0.2) is 0 Å². The monoisotopic (exact) mass is 217 g/mol. The van der Waals surface area contributed by atoms with E-state index in [9.17, 15) is 5.11 Å². The summed E-state index contributed by atoms with van der Waals surface area (Å²) in [4.78, 5) is 2.11. The molecule has 0 aromatic carbocycles. The van der Waals surface area contributed by atoms with Crippen LogP contribution in [0.15, 0.2) is 0 Å². The van der Waals surface area contributed by atoms with E-state index in [2.05, 4.69) is 4.90 Å². The highest BCUT2D eigenvalue weighted by Gasteiger charge is 2.48. The second-order valence-electron chi connectivity index (χ2n) is 5.15. The Morgan fingerprint density at radius 2 is 2.07 bits per heavy atom. The molecule has 0 amide bonds. The number of nitrogens with zero attached hydrogens (tertiary/aromatic N) is 1. The summed E-state index contributed by atoms with van der Waals surface area (Å²) in [5.41, 5.74) is -0.972. The van der Waals surface area contributed by atoms with E-state index in [-0.39, 0.29) is 6.10 Å². The number of rotatable bonds is 4. The average molecular weight is 217 g/mol. The maximum absolute atomic E-state index is 9.91. The molecular formula is C11H23NO3. The van der Waals surface area contributed by atoms with E-state index < -0.39 is 11.4 Å². The molecule has 1 aliphatic heterocycles. The second kappa shape index (κ2) is 4.37. The third-order valence-corrected chi connectivity index (χ3v) is 2.95. The molecule has 1 fully saturated rings. The van der Waals surface area contributed by atoms with Crippen LogP contribution in [0.4, 0.5) is 0 Å². The van der Waals surface area contributed by atoms with E-state index in [1.54, 1.807) is 20.8 Å². The fourth-order valence-electron chi connectivity index (χ4n) is 1.50. The average Bonchev–Trinajstić information content (AvgIpc) is 2.44. The molecule has 0 aromatic rings. The van der Waals surface area contributed by atoms with Gasteiger partial charge in [0.05, 0.1) is 12.7 Å². The summed E-state index contributed by atoms with van der Waals surface area (Å²) in [6.45, 7) is 6.75. The Morgan fingerprint density at radius 1 is 1.47 bits per heavy atom. The molecule has 0 radical (unpaired) electrons. The van der Waals surface area contributed by atoms with Crippen LogP contribution in [0.2, 0.25) is 0 Å². The lowest BCUT2D eigenvalue weighted by molar-refractivity contribution is -0.252. The van der Waals surface area contributed by atoms with E-state index in [1.807, 2.05) is 14.1 Å². The van der Waals surface area contributed by atoms with Crippen molar-refractivity contribution in [3.05, 3.63) is 0 Å². The maximum atomic E-state index is 9.91. The Labute approximate surface area is 92.2 Å². The molecule has 0 aliphatic carbocycles. The lowest BCUT2D eigenvalue weighted by Crippen LogP contribution is -2.49. The van der Waals surface area contributed by atoms with Gasteiger partial charge in [-0.3, -0.25) is 0 Å². The smallest absolute Gasteiger partial charge is 0.194 e. The Balaban J connectivity index is 2.45. The highest BCUT2D eigenvalue weighted by atomic mass is 16.8. The van der Waals surface area contributed by atoms with Crippen molar-refractivity contribution in [2.24, 2.45) is 0 Å². The van der Waals surface area contributed by atoms with E-state index in [0.717, 1.165) is 13.0 Å². The van der Waals surface area contributed by atoms with Crippen molar-refractivity contribution in [1.29, 1.82) is 0 Å². The van der Waals surface area contributed by atoms with E-state index in [4.69, 9.17) is 9.47 Å². The van der Waals surface area contributed by atoms with Crippen molar-refractivity contribution in [3.63, 3.8) is 0 Å². The zero-order chi connectivity index (χ0) is 11.7. The van der Waals surface area contributed by atoms with Gasteiger partial charge in [0, 0.05) is 6.54 Å². The Hall–Kier alpha value is -0.160. The fraction of sp³-hybridized carbons (Fsp3) is 1.00. The highest BCUT2D eigenvalue weighted by molar-refractivity contribution is 4.88. The molecule has 1 rings (SSSR count). The first-order valence-corrected chi connectivity index (χ1v) is 5.43. The maximum Gasteiger partial charge on any atom is 0.194 e. The molecule has 2 atom stereocenters. The van der Waals surface area contributed by atoms with Crippen LogP contribution in [0.3, 0.4) is 0 Å². The van der Waals surface area contributed by atoms with Gasteiger partial charge in [-0.2, -0.15) is 0 Å². The molecular weight excluding hydrogens is 194 g/mol. The lowest BCUT2D eigenvalue weighted by Gasteiger charge is -2.35. The summed E-state index contributed by atoms with van der Waals surface area (Å²) in [5.74, 6) is -0.871. The van der Waals surface area contributed by atoms with Crippen LogP contribution in [0.25, 0.3) is 0 Å². The molecule has 0 bridgehead atoms. The molecule has 4 heteroatoms. The molecule has 15 heavy (non-hydrogen) atoms. The number of ether oxygens (including phenoxy) is 2. The predicted octanol–water partition coefficient (Wildman–Crippen LogP) is 0.841. The summed E-state index contributed by atoms with van der Waals surface area (Å²) < 4.78 is 11.3. The van der Waals surface area contributed by atoms with Crippen molar-refractivity contribution in [2.75, 3.05) is 27.2 Å². The molecule has 4 nitrogen and oxygen atoms in total. The number of aliphatic hydroxyl groups is 1. The van der Waals surface area contributed by atoms with Crippen LogP contribution >= 0.6 is 0 Å². The minimum absolute atomic E-state index is 0.0869. The molecule has 1 aliphatic rings. The van der Waals surface area contributed by atoms with Gasteiger partial charge in [0.2, 0.25) is 0 Å². The molecule has 2 unspecified atom stereocenters. The topological polar surface area (TPSA) is 41.9 Å². The van der Waals surface area contributed by atoms with Gasteiger partial charge in [0.1, 0.15) is 5.60 Å². The summed E-state index contributed by atoms with van der Waals surface area (Å²) in [6, 6.07) is 0. The molecule has 1 N–H and O–H groups in total. The Kier molecular flexibility index (Phi) is 3.76. The van der Waals surface area contributed by atoms with E-state index in [0.29, 0.717) is 6.61 Å². The number of hydrogen-bond donors (Lipinski definition) is 1. The Morgan fingerprint density at radius 3 is 2.47 bits per heavy atom. The van der Waals surface area contributed by atoms with Crippen molar-refractivity contribution in [2.45, 2.75) is 44.7 Å². The fourth-order valence-corrected chi connectivity index (χ4v) is 1.50. The summed E-state index contributed by atoms with van der Waals surface area (Å²) in [6.07, 6.45) is 1.02. The van der Waals surface area contributed by atoms with Crippen molar-refractivity contribution in [1.82, 2.24) is 4.90 Å². The summed E-state index contributed by atoms with van der Waals surface area (Å²) in [5, 5.41) is 9.91. The minimum Gasteiger partial charge on any atom is -0.385 e. The van der Waals surface area contributed by atoms with Crippen LogP contribution < -0.4 is 0 Å². The molecule has 1 heterocycles. The zero-order valence-corrected chi connectivity index (χ0v) is 10.4. The largest absolute Gasteiger partial charge is 0.385 e. The molecule has 0 spiro atoms. The van der Waals surface area contributed by atoms with Crippen LogP contribution in [-0.2, 0) is 9.47 Å². The quantitative estimate of drug-likeness (QED) is 0.757. The van der Waals surface area contributed by atoms with Gasteiger partial charge in [0.25, 0.3) is 0 Å². The first-order chi connectivity index (χ1) is 6.74.